The summed E-state index contributed by atoms with van der Waals surface area (Å²) in [5, 5.41) is 17.2. The maximum Gasteiger partial charge on any atom is 0.241 e. The summed E-state index contributed by atoms with van der Waals surface area (Å²) in [6.45, 7) is -0.232. The van der Waals surface area contributed by atoms with Crippen LogP contribution in [0.1, 0.15) is 5.56 Å². The number of nitrogens with two attached hydrogens (primary N) is 1. The lowest BCUT2D eigenvalue weighted by Gasteiger charge is -2.20. The predicted octanol–water partition coefficient (Wildman–Crippen LogP) is 0.432. The lowest BCUT2D eigenvalue weighted by atomic mass is 10.1. The zero-order valence-electron chi connectivity index (χ0n) is 9.91. The number of hydrogen-bond donors (Lipinski definition) is 1. The first-order valence-electron chi connectivity index (χ1n) is 5.51. The third-order valence-corrected chi connectivity index (χ3v) is 2.45. The van der Waals surface area contributed by atoms with Crippen LogP contribution in [0.15, 0.2) is 30.3 Å². The number of carbonyl (C=O) groups excluding carboxylic acids is 1. The summed E-state index contributed by atoms with van der Waals surface area (Å²) >= 11 is 0. The molecule has 18 heavy (non-hydrogen) atoms. The van der Waals surface area contributed by atoms with Crippen molar-refractivity contribution in [1.29, 1.82) is 10.5 Å². The van der Waals surface area contributed by atoms with Gasteiger partial charge in [0.1, 0.15) is 13.1 Å². The summed E-state index contributed by atoms with van der Waals surface area (Å²) in [4.78, 5) is 13.1. The van der Waals surface area contributed by atoms with Gasteiger partial charge in [-0.3, -0.25) is 4.79 Å². The van der Waals surface area contributed by atoms with Crippen molar-refractivity contribution in [3.63, 3.8) is 0 Å². The van der Waals surface area contributed by atoms with Gasteiger partial charge in [0.05, 0.1) is 18.2 Å². The molecule has 5 heteroatoms. The van der Waals surface area contributed by atoms with Gasteiger partial charge in [0.15, 0.2) is 0 Å². The summed E-state index contributed by atoms with van der Waals surface area (Å²) in [6.07, 6.45) is 0.396. The van der Waals surface area contributed by atoms with E-state index >= 15 is 0 Å². The number of nitriles is 2. The predicted molar refractivity (Wildman–Crippen MR) is 65.9 cm³/mol. The first-order chi connectivity index (χ1) is 8.69. The molecule has 0 saturated carbocycles. The standard InChI is InChI=1S/C13H14N4O/c14-6-8-17(9-7-15)13(18)12(16)10-11-4-2-1-3-5-11/h1-5,12H,8-10,16H2/t12-/m0/s1. The average molecular weight is 242 g/mol. The fraction of sp³-hybridized carbons (Fsp3) is 0.308. The second-order valence-electron chi connectivity index (χ2n) is 3.81. The molecule has 0 aliphatic rings. The Bertz CT molecular complexity index is 456. The van der Waals surface area contributed by atoms with E-state index in [2.05, 4.69) is 0 Å². The van der Waals surface area contributed by atoms with Crippen molar-refractivity contribution in [3.8, 4) is 12.1 Å². The van der Waals surface area contributed by atoms with Crippen molar-refractivity contribution in [1.82, 2.24) is 4.90 Å². The fourth-order valence-corrected chi connectivity index (χ4v) is 1.57. The SMILES string of the molecule is N#CCN(CC#N)C(=O)[C@@H](N)Cc1ccccc1. The Morgan fingerprint density at radius 2 is 1.78 bits per heavy atom. The number of hydrogen-bond acceptors (Lipinski definition) is 4. The minimum atomic E-state index is -0.728. The first kappa shape index (κ1) is 13.7. The van der Waals surface area contributed by atoms with Gasteiger partial charge in [-0.05, 0) is 12.0 Å². The Hall–Kier alpha value is -2.37. The zero-order chi connectivity index (χ0) is 13.4. The van der Waals surface area contributed by atoms with Crippen LogP contribution in [0.25, 0.3) is 0 Å². The van der Waals surface area contributed by atoms with E-state index in [4.69, 9.17) is 16.3 Å². The van der Waals surface area contributed by atoms with Crippen molar-refractivity contribution >= 4 is 5.91 Å². The van der Waals surface area contributed by atoms with Gasteiger partial charge in [0, 0.05) is 0 Å². The molecule has 1 aromatic rings. The Morgan fingerprint density at radius 1 is 1.22 bits per heavy atom. The monoisotopic (exact) mass is 242 g/mol. The van der Waals surface area contributed by atoms with Crippen LogP contribution in [-0.4, -0.2) is 29.9 Å². The van der Waals surface area contributed by atoms with Crippen LogP contribution in [0, 0.1) is 22.7 Å². The molecule has 0 heterocycles. The second kappa shape index (κ2) is 7.05. The molecular formula is C13H14N4O. The Morgan fingerprint density at radius 3 is 2.28 bits per heavy atom. The third kappa shape index (κ3) is 3.89. The quantitative estimate of drug-likeness (QED) is 0.758. The van der Waals surface area contributed by atoms with Crippen molar-refractivity contribution in [2.75, 3.05) is 13.1 Å². The largest absolute Gasteiger partial charge is 0.320 e. The Kier molecular flexibility index (Phi) is 5.37. The van der Waals surface area contributed by atoms with E-state index in [-0.39, 0.29) is 19.0 Å². The summed E-state index contributed by atoms with van der Waals surface area (Å²) in [6, 6.07) is 12.4. The van der Waals surface area contributed by atoms with Crippen molar-refractivity contribution in [3.05, 3.63) is 35.9 Å². The molecule has 0 unspecified atom stereocenters. The highest BCUT2D eigenvalue weighted by atomic mass is 16.2. The van der Waals surface area contributed by atoms with Gasteiger partial charge in [0.2, 0.25) is 5.91 Å². The molecule has 0 aliphatic carbocycles. The zero-order valence-corrected chi connectivity index (χ0v) is 9.91. The number of benzene rings is 1. The third-order valence-electron chi connectivity index (χ3n) is 2.45. The Labute approximate surface area is 106 Å². The molecule has 0 spiro atoms. The molecule has 5 nitrogen and oxygen atoms in total. The number of rotatable bonds is 5. The Balaban J connectivity index is 2.65. The molecule has 92 valence electrons. The highest BCUT2D eigenvalue weighted by Gasteiger charge is 2.20. The lowest BCUT2D eigenvalue weighted by molar-refractivity contribution is -0.131. The van der Waals surface area contributed by atoms with Gasteiger partial charge in [-0.1, -0.05) is 30.3 Å². The van der Waals surface area contributed by atoms with E-state index in [1.54, 1.807) is 0 Å². The van der Waals surface area contributed by atoms with Crippen LogP contribution in [-0.2, 0) is 11.2 Å². The average Bonchev–Trinajstić information content (AvgIpc) is 2.39. The van der Waals surface area contributed by atoms with Gasteiger partial charge < -0.3 is 10.6 Å². The molecule has 1 rings (SSSR count). The minimum Gasteiger partial charge on any atom is -0.320 e. The van der Waals surface area contributed by atoms with Crippen LogP contribution in [0.5, 0.6) is 0 Å². The first-order valence-corrected chi connectivity index (χ1v) is 5.51. The van der Waals surface area contributed by atoms with Gasteiger partial charge in [-0.15, -0.1) is 0 Å². The van der Waals surface area contributed by atoms with Gasteiger partial charge >= 0.3 is 0 Å². The summed E-state index contributed by atoms with van der Waals surface area (Å²) in [5.74, 6) is -0.373. The molecule has 0 fully saturated rings. The van der Waals surface area contributed by atoms with Crippen LogP contribution >= 0.6 is 0 Å². The minimum absolute atomic E-state index is 0.116. The van der Waals surface area contributed by atoms with Gasteiger partial charge in [-0.2, -0.15) is 10.5 Å². The lowest BCUT2D eigenvalue weighted by Crippen LogP contribution is -2.45. The highest BCUT2D eigenvalue weighted by Crippen LogP contribution is 2.04. The van der Waals surface area contributed by atoms with Crippen LogP contribution < -0.4 is 5.73 Å². The van der Waals surface area contributed by atoms with Crippen LogP contribution in [0.4, 0.5) is 0 Å². The molecule has 1 aromatic carbocycles. The highest BCUT2D eigenvalue weighted by molar-refractivity contribution is 5.82. The summed E-state index contributed by atoms with van der Waals surface area (Å²) in [7, 11) is 0. The number of nitrogens with zero attached hydrogens (tertiary/aromatic N) is 3. The van der Waals surface area contributed by atoms with Crippen molar-refractivity contribution < 1.29 is 4.79 Å². The molecule has 0 aromatic heterocycles. The van der Waals surface area contributed by atoms with Crippen LogP contribution in [0.3, 0.4) is 0 Å². The molecule has 0 saturated heterocycles. The second-order valence-corrected chi connectivity index (χ2v) is 3.81. The molecular weight excluding hydrogens is 228 g/mol. The summed E-state index contributed by atoms with van der Waals surface area (Å²) < 4.78 is 0. The molecule has 0 radical (unpaired) electrons. The van der Waals surface area contributed by atoms with Crippen molar-refractivity contribution in [2.24, 2.45) is 5.73 Å². The molecule has 0 aliphatic heterocycles. The van der Waals surface area contributed by atoms with Gasteiger partial charge in [-0.25, -0.2) is 0 Å². The maximum atomic E-state index is 11.9. The fourth-order valence-electron chi connectivity index (χ4n) is 1.57. The smallest absolute Gasteiger partial charge is 0.241 e. The van der Waals surface area contributed by atoms with E-state index in [1.807, 2.05) is 42.5 Å². The topological polar surface area (TPSA) is 93.9 Å². The molecule has 2 N–H and O–H groups in total. The molecule has 1 amide bonds. The van der Waals surface area contributed by atoms with E-state index in [0.29, 0.717) is 6.42 Å². The van der Waals surface area contributed by atoms with Gasteiger partial charge in [0.25, 0.3) is 0 Å². The van der Waals surface area contributed by atoms with E-state index in [0.717, 1.165) is 10.5 Å². The normalized spacial score (nSPS) is 11.1. The van der Waals surface area contributed by atoms with E-state index < -0.39 is 6.04 Å². The summed E-state index contributed by atoms with van der Waals surface area (Å²) in [5.41, 5.74) is 6.75. The number of amides is 1. The molecule has 0 bridgehead atoms. The van der Waals surface area contributed by atoms with Crippen LogP contribution in [0.2, 0.25) is 0 Å². The van der Waals surface area contributed by atoms with E-state index in [9.17, 15) is 4.79 Å². The van der Waals surface area contributed by atoms with E-state index in [1.165, 1.54) is 0 Å². The maximum absolute atomic E-state index is 11.9. The number of carbonyl (C=O) groups is 1. The van der Waals surface area contributed by atoms with Crippen molar-refractivity contribution in [2.45, 2.75) is 12.5 Å². The molecule has 1 atom stereocenters.